The number of carbonyl (C=O) groups excluding carboxylic acids is 2. The highest BCUT2D eigenvalue weighted by Gasteiger charge is 2.30. The zero-order valence-electron chi connectivity index (χ0n) is 19.7. The Kier molecular flexibility index (Phi) is 8.99. The molecule has 33 heavy (non-hydrogen) atoms. The molecule has 0 aliphatic rings. The van der Waals surface area contributed by atoms with Crippen molar-refractivity contribution in [2.24, 2.45) is 5.92 Å². The van der Waals surface area contributed by atoms with E-state index in [1.165, 1.54) is 17.0 Å². The lowest BCUT2D eigenvalue weighted by Gasteiger charge is -2.31. The zero-order valence-corrected chi connectivity index (χ0v) is 20.5. The predicted octanol–water partition coefficient (Wildman–Crippen LogP) is 3.09. The number of sulfonamides is 1. The van der Waals surface area contributed by atoms with Gasteiger partial charge in [-0.05, 0) is 49.6 Å². The molecule has 0 spiro atoms. The first kappa shape index (κ1) is 26.3. The van der Waals surface area contributed by atoms with Gasteiger partial charge in [0.1, 0.15) is 18.4 Å². The van der Waals surface area contributed by atoms with Crippen LogP contribution in [0, 0.1) is 18.7 Å². The van der Waals surface area contributed by atoms with Gasteiger partial charge in [-0.15, -0.1) is 0 Å². The zero-order chi connectivity index (χ0) is 24.8. The Balaban J connectivity index is 2.35. The smallest absolute Gasteiger partial charge is 0.244 e. The molecular formula is C24H32FN3O4S. The third-order valence-electron chi connectivity index (χ3n) is 5.08. The van der Waals surface area contributed by atoms with Crippen LogP contribution in [-0.2, 0) is 26.2 Å². The lowest BCUT2D eigenvalue weighted by atomic mass is 10.1. The first-order chi connectivity index (χ1) is 15.4. The van der Waals surface area contributed by atoms with E-state index in [0.29, 0.717) is 6.54 Å². The van der Waals surface area contributed by atoms with Crippen molar-refractivity contribution < 1.29 is 22.4 Å². The standard InChI is InChI=1S/C24H32FN3O4S/c1-17(2)14-26-24(30)19(4)27(15-20-8-6-7-18(3)13-20)23(29)16-28(33(5,31)32)22-11-9-21(25)10-12-22/h6-13,17,19H,14-16H2,1-5H3,(H,26,30)/t19-/m1/s1. The monoisotopic (exact) mass is 477 g/mol. The van der Waals surface area contributed by atoms with Gasteiger partial charge in [-0.1, -0.05) is 43.7 Å². The number of hydrogen-bond donors (Lipinski definition) is 1. The van der Waals surface area contributed by atoms with Gasteiger partial charge in [0.05, 0.1) is 11.9 Å². The fourth-order valence-electron chi connectivity index (χ4n) is 3.26. The minimum Gasteiger partial charge on any atom is -0.354 e. The van der Waals surface area contributed by atoms with Crippen molar-refractivity contribution in [3.05, 3.63) is 65.5 Å². The third kappa shape index (κ3) is 7.85. The van der Waals surface area contributed by atoms with E-state index < -0.39 is 34.3 Å². The summed E-state index contributed by atoms with van der Waals surface area (Å²) in [5.41, 5.74) is 1.99. The van der Waals surface area contributed by atoms with Gasteiger partial charge < -0.3 is 10.2 Å². The van der Waals surface area contributed by atoms with E-state index >= 15 is 0 Å². The van der Waals surface area contributed by atoms with E-state index in [2.05, 4.69) is 5.32 Å². The summed E-state index contributed by atoms with van der Waals surface area (Å²) >= 11 is 0. The van der Waals surface area contributed by atoms with Gasteiger partial charge in [-0.2, -0.15) is 0 Å². The summed E-state index contributed by atoms with van der Waals surface area (Å²) in [6.07, 6.45) is 0.979. The molecule has 0 aliphatic carbocycles. The molecule has 0 bridgehead atoms. The van der Waals surface area contributed by atoms with Crippen LogP contribution >= 0.6 is 0 Å². The van der Waals surface area contributed by atoms with E-state index in [9.17, 15) is 22.4 Å². The maximum atomic E-state index is 13.4. The minimum absolute atomic E-state index is 0.137. The van der Waals surface area contributed by atoms with Crippen LogP contribution in [0.5, 0.6) is 0 Å². The summed E-state index contributed by atoms with van der Waals surface area (Å²) in [4.78, 5) is 27.5. The molecule has 0 saturated heterocycles. The number of carbonyl (C=O) groups is 2. The number of anilines is 1. The number of nitrogens with zero attached hydrogens (tertiary/aromatic N) is 2. The van der Waals surface area contributed by atoms with Crippen molar-refractivity contribution in [1.29, 1.82) is 0 Å². The summed E-state index contributed by atoms with van der Waals surface area (Å²) in [5, 5.41) is 2.83. The van der Waals surface area contributed by atoms with Crippen LogP contribution in [0.2, 0.25) is 0 Å². The second kappa shape index (κ2) is 11.3. The number of benzene rings is 2. The van der Waals surface area contributed by atoms with Crippen LogP contribution < -0.4 is 9.62 Å². The van der Waals surface area contributed by atoms with Crippen LogP contribution in [0.15, 0.2) is 48.5 Å². The first-order valence-corrected chi connectivity index (χ1v) is 12.6. The summed E-state index contributed by atoms with van der Waals surface area (Å²) in [7, 11) is -3.84. The van der Waals surface area contributed by atoms with Crippen molar-refractivity contribution in [1.82, 2.24) is 10.2 Å². The summed E-state index contributed by atoms with van der Waals surface area (Å²) in [6.45, 7) is 7.55. The molecule has 2 aromatic carbocycles. The number of nitrogens with one attached hydrogen (secondary N) is 1. The van der Waals surface area contributed by atoms with Gasteiger partial charge in [-0.3, -0.25) is 13.9 Å². The number of halogens is 1. The molecule has 1 atom stereocenters. The van der Waals surface area contributed by atoms with Crippen molar-refractivity contribution in [3.8, 4) is 0 Å². The van der Waals surface area contributed by atoms with Gasteiger partial charge in [0.15, 0.2) is 0 Å². The molecule has 0 radical (unpaired) electrons. The summed E-state index contributed by atoms with van der Waals surface area (Å²) in [5.74, 6) is -1.15. The highest BCUT2D eigenvalue weighted by atomic mass is 32.2. The van der Waals surface area contributed by atoms with E-state index in [4.69, 9.17) is 0 Å². The average Bonchev–Trinajstić information content (AvgIpc) is 2.73. The summed E-state index contributed by atoms with van der Waals surface area (Å²) in [6, 6.07) is 11.6. The van der Waals surface area contributed by atoms with E-state index in [-0.39, 0.29) is 24.1 Å². The van der Waals surface area contributed by atoms with Crippen molar-refractivity contribution in [3.63, 3.8) is 0 Å². The molecule has 2 amide bonds. The van der Waals surface area contributed by atoms with Gasteiger partial charge in [-0.25, -0.2) is 12.8 Å². The molecule has 2 rings (SSSR count). The number of rotatable bonds is 10. The van der Waals surface area contributed by atoms with Gasteiger partial charge in [0.2, 0.25) is 21.8 Å². The molecule has 0 aliphatic heterocycles. The fourth-order valence-corrected chi connectivity index (χ4v) is 4.11. The molecular weight excluding hydrogens is 445 g/mol. The number of amides is 2. The Labute approximate surface area is 195 Å². The highest BCUT2D eigenvalue weighted by Crippen LogP contribution is 2.19. The van der Waals surface area contributed by atoms with Crippen LogP contribution in [0.4, 0.5) is 10.1 Å². The Bertz CT molecular complexity index is 1070. The van der Waals surface area contributed by atoms with Crippen molar-refractivity contribution >= 4 is 27.5 Å². The minimum atomic E-state index is -3.84. The quantitative estimate of drug-likeness (QED) is 0.570. The molecule has 180 valence electrons. The van der Waals surface area contributed by atoms with E-state index in [0.717, 1.165) is 33.8 Å². The molecule has 0 fully saturated rings. The SMILES string of the molecule is Cc1cccc(CN(C(=O)CN(c2ccc(F)cc2)S(C)(=O)=O)[C@H](C)C(=O)NCC(C)C)c1. The van der Waals surface area contributed by atoms with E-state index in [1.54, 1.807) is 6.92 Å². The number of hydrogen-bond acceptors (Lipinski definition) is 4. The maximum Gasteiger partial charge on any atom is 0.244 e. The van der Waals surface area contributed by atoms with E-state index in [1.807, 2.05) is 45.0 Å². The molecule has 0 heterocycles. The predicted molar refractivity (Wildman–Crippen MR) is 128 cm³/mol. The van der Waals surface area contributed by atoms with Gasteiger partial charge in [0.25, 0.3) is 0 Å². The number of aryl methyl sites for hydroxylation is 1. The molecule has 0 unspecified atom stereocenters. The lowest BCUT2D eigenvalue weighted by molar-refractivity contribution is -0.139. The van der Waals surface area contributed by atoms with Crippen LogP contribution in [0.1, 0.15) is 31.9 Å². The van der Waals surface area contributed by atoms with Gasteiger partial charge in [0, 0.05) is 13.1 Å². The van der Waals surface area contributed by atoms with Gasteiger partial charge >= 0.3 is 0 Å². The first-order valence-electron chi connectivity index (χ1n) is 10.7. The van der Waals surface area contributed by atoms with Crippen LogP contribution in [0.3, 0.4) is 0 Å². The maximum absolute atomic E-state index is 13.4. The normalized spacial score (nSPS) is 12.3. The molecule has 7 nitrogen and oxygen atoms in total. The van der Waals surface area contributed by atoms with Crippen molar-refractivity contribution in [2.75, 3.05) is 23.7 Å². The Morgan fingerprint density at radius 3 is 2.24 bits per heavy atom. The van der Waals surface area contributed by atoms with Crippen LogP contribution in [-0.4, -0.2) is 50.5 Å². The third-order valence-corrected chi connectivity index (χ3v) is 6.22. The Hall–Kier alpha value is -2.94. The molecule has 9 heteroatoms. The average molecular weight is 478 g/mol. The second-order valence-electron chi connectivity index (χ2n) is 8.57. The topological polar surface area (TPSA) is 86.8 Å². The van der Waals surface area contributed by atoms with Crippen molar-refractivity contribution in [2.45, 2.75) is 40.3 Å². The molecule has 0 saturated carbocycles. The Morgan fingerprint density at radius 2 is 1.70 bits per heavy atom. The lowest BCUT2D eigenvalue weighted by Crippen LogP contribution is -2.51. The van der Waals surface area contributed by atoms with Crippen LogP contribution in [0.25, 0.3) is 0 Å². The summed E-state index contributed by atoms with van der Waals surface area (Å²) < 4.78 is 39.1. The largest absolute Gasteiger partial charge is 0.354 e. The second-order valence-corrected chi connectivity index (χ2v) is 10.5. The highest BCUT2D eigenvalue weighted by molar-refractivity contribution is 7.92. The molecule has 0 aromatic heterocycles. The Morgan fingerprint density at radius 1 is 1.06 bits per heavy atom. The fraction of sp³-hybridized carbons (Fsp3) is 0.417. The molecule has 1 N–H and O–H groups in total. The molecule has 2 aromatic rings.